The summed E-state index contributed by atoms with van der Waals surface area (Å²) in [6, 6.07) is 4.80. The lowest BCUT2D eigenvalue weighted by atomic mass is 10.2. The van der Waals surface area contributed by atoms with Crippen molar-refractivity contribution in [1.82, 2.24) is 9.78 Å². The maximum absolute atomic E-state index is 13.2. The van der Waals surface area contributed by atoms with Gasteiger partial charge in [0.1, 0.15) is 9.52 Å². The average molecular weight is 351 g/mol. The summed E-state index contributed by atoms with van der Waals surface area (Å²) in [5, 5.41) is 4.47. The number of halogens is 3. The van der Waals surface area contributed by atoms with Crippen LogP contribution in [0.15, 0.2) is 24.4 Å². The van der Waals surface area contributed by atoms with E-state index in [1.165, 1.54) is 6.07 Å². The molecule has 0 atom stereocenters. The van der Waals surface area contributed by atoms with Gasteiger partial charge in [-0.25, -0.2) is 4.39 Å². The number of rotatable bonds is 2. The maximum Gasteiger partial charge on any atom is 0.142 e. The quantitative estimate of drug-likeness (QED) is 0.756. The lowest BCUT2D eigenvalue weighted by molar-refractivity contribution is 0.619. The molecule has 0 unspecified atom stereocenters. The Labute approximate surface area is 112 Å². The second-order valence-electron chi connectivity index (χ2n) is 3.51. The predicted molar refractivity (Wildman–Crippen MR) is 70.2 cm³/mol. The summed E-state index contributed by atoms with van der Waals surface area (Å²) in [7, 11) is 0. The zero-order valence-corrected chi connectivity index (χ0v) is 11.5. The van der Waals surface area contributed by atoms with Crippen LogP contribution in [-0.4, -0.2) is 9.78 Å². The molecule has 0 fully saturated rings. The van der Waals surface area contributed by atoms with Gasteiger partial charge in [-0.05, 0) is 41.1 Å². The van der Waals surface area contributed by atoms with Crippen LogP contribution in [0, 0.1) is 16.4 Å². The van der Waals surface area contributed by atoms with E-state index in [1.54, 1.807) is 16.8 Å². The Kier molecular flexibility index (Phi) is 3.49. The molecule has 0 amide bonds. The van der Waals surface area contributed by atoms with Gasteiger partial charge in [-0.3, -0.25) is 4.68 Å². The van der Waals surface area contributed by atoms with E-state index in [0.29, 0.717) is 6.54 Å². The van der Waals surface area contributed by atoms with Gasteiger partial charge in [0.15, 0.2) is 0 Å². The van der Waals surface area contributed by atoms with Gasteiger partial charge >= 0.3 is 0 Å². The van der Waals surface area contributed by atoms with Gasteiger partial charge < -0.3 is 0 Å². The van der Waals surface area contributed by atoms with E-state index in [2.05, 4.69) is 27.7 Å². The summed E-state index contributed by atoms with van der Waals surface area (Å²) in [6.07, 6.45) is 1.92. The highest BCUT2D eigenvalue weighted by Crippen LogP contribution is 2.20. The minimum atomic E-state index is -0.391. The molecule has 16 heavy (non-hydrogen) atoms. The van der Waals surface area contributed by atoms with Crippen LogP contribution < -0.4 is 0 Å². The molecular weight excluding hydrogens is 341 g/mol. The van der Waals surface area contributed by atoms with Gasteiger partial charge in [0.05, 0.1) is 11.6 Å². The van der Waals surface area contributed by atoms with E-state index in [4.69, 9.17) is 11.6 Å². The molecule has 2 nitrogen and oxygen atoms in total. The van der Waals surface area contributed by atoms with Crippen molar-refractivity contribution in [3.8, 4) is 0 Å². The summed E-state index contributed by atoms with van der Waals surface area (Å²) < 4.78 is 15.9. The fourth-order valence-electron chi connectivity index (χ4n) is 1.42. The van der Waals surface area contributed by atoms with Crippen LogP contribution in [0.5, 0.6) is 0 Å². The molecule has 1 aromatic heterocycles. The topological polar surface area (TPSA) is 17.8 Å². The number of nitrogens with zero attached hydrogens (tertiary/aromatic N) is 2. The van der Waals surface area contributed by atoms with Crippen molar-refractivity contribution in [3.05, 3.63) is 50.1 Å². The SMILES string of the molecule is Cc1cn(Cc2cccc(F)c2Cl)nc1I. The molecule has 5 heteroatoms. The Hall–Kier alpha value is -0.620. The fraction of sp³-hybridized carbons (Fsp3) is 0.182. The third kappa shape index (κ3) is 2.38. The zero-order valence-electron chi connectivity index (χ0n) is 8.54. The number of aryl methyl sites for hydroxylation is 1. The molecule has 2 aromatic rings. The lowest BCUT2D eigenvalue weighted by Crippen LogP contribution is -2.01. The van der Waals surface area contributed by atoms with Gasteiger partial charge in [0.25, 0.3) is 0 Å². The highest BCUT2D eigenvalue weighted by molar-refractivity contribution is 14.1. The van der Waals surface area contributed by atoms with Gasteiger partial charge in [0, 0.05) is 11.8 Å². The van der Waals surface area contributed by atoms with E-state index in [9.17, 15) is 4.39 Å². The van der Waals surface area contributed by atoms with E-state index < -0.39 is 5.82 Å². The van der Waals surface area contributed by atoms with Crippen LogP contribution in [0.4, 0.5) is 4.39 Å². The molecule has 1 aromatic carbocycles. The molecule has 0 bridgehead atoms. The molecule has 84 valence electrons. The molecule has 2 rings (SSSR count). The number of hydrogen-bond acceptors (Lipinski definition) is 1. The number of benzene rings is 1. The first kappa shape index (κ1) is 11.9. The van der Waals surface area contributed by atoms with Gasteiger partial charge in [-0.15, -0.1) is 0 Å². The molecule has 0 N–H and O–H groups in total. The summed E-state index contributed by atoms with van der Waals surface area (Å²) in [6.45, 7) is 2.47. The third-order valence-electron chi connectivity index (χ3n) is 2.25. The minimum absolute atomic E-state index is 0.172. The largest absolute Gasteiger partial charge is 0.267 e. The molecule has 0 aliphatic heterocycles. The van der Waals surface area contributed by atoms with Crippen molar-refractivity contribution in [2.75, 3.05) is 0 Å². The molecule has 0 aliphatic carbocycles. The average Bonchev–Trinajstić information content (AvgIpc) is 2.54. The summed E-state index contributed by atoms with van der Waals surface area (Å²) in [5.41, 5.74) is 1.84. The smallest absolute Gasteiger partial charge is 0.142 e. The van der Waals surface area contributed by atoms with Crippen molar-refractivity contribution >= 4 is 34.2 Å². The highest BCUT2D eigenvalue weighted by Gasteiger charge is 2.07. The number of hydrogen-bond donors (Lipinski definition) is 0. The first-order chi connectivity index (χ1) is 7.58. The van der Waals surface area contributed by atoms with Crippen LogP contribution in [0.2, 0.25) is 5.02 Å². The van der Waals surface area contributed by atoms with Crippen molar-refractivity contribution in [2.24, 2.45) is 0 Å². The first-order valence-corrected chi connectivity index (χ1v) is 6.16. The van der Waals surface area contributed by atoms with Crippen molar-refractivity contribution < 1.29 is 4.39 Å². The Bertz CT molecular complexity index is 505. The van der Waals surface area contributed by atoms with Crippen LogP contribution in [0.1, 0.15) is 11.1 Å². The van der Waals surface area contributed by atoms with Crippen LogP contribution in [-0.2, 0) is 6.54 Å². The monoisotopic (exact) mass is 350 g/mol. The van der Waals surface area contributed by atoms with E-state index >= 15 is 0 Å². The molecule has 1 heterocycles. The Morgan fingerprint density at radius 2 is 2.25 bits per heavy atom. The van der Waals surface area contributed by atoms with Crippen LogP contribution in [0.3, 0.4) is 0 Å². The maximum atomic E-state index is 13.2. The van der Waals surface area contributed by atoms with E-state index in [0.717, 1.165) is 14.8 Å². The van der Waals surface area contributed by atoms with E-state index in [1.807, 2.05) is 13.1 Å². The second kappa shape index (κ2) is 4.71. The second-order valence-corrected chi connectivity index (χ2v) is 4.91. The van der Waals surface area contributed by atoms with Gasteiger partial charge in [0.2, 0.25) is 0 Å². The standard InChI is InChI=1S/C11H9ClFIN2/c1-7-5-16(15-11(7)14)6-8-3-2-4-9(13)10(8)12/h2-5H,6H2,1H3. The van der Waals surface area contributed by atoms with Gasteiger partial charge in [-0.2, -0.15) is 5.10 Å². The molecule has 0 saturated heterocycles. The molecule has 0 saturated carbocycles. The van der Waals surface area contributed by atoms with E-state index in [-0.39, 0.29) is 5.02 Å². The first-order valence-electron chi connectivity index (χ1n) is 4.70. The fourth-order valence-corrected chi connectivity index (χ4v) is 2.03. The molecule has 0 aliphatic rings. The Morgan fingerprint density at radius 3 is 2.88 bits per heavy atom. The predicted octanol–water partition coefficient (Wildman–Crippen LogP) is 3.64. The third-order valence-corrected chi connectivity index (χ3v) is 3.74. The van der Waals surface area contributed by atoms with Crippen LogP contribution >= 0.6 is 34.2 Å². The normalized spacial score (nSPS) is 10.8. The van der Waals surface area contributed by atoms with Crippen molar-refractivity contribution in [1.29, 1.82) is 0 Å². The molecule has 0 spiro atoms. The van der Waals surface area contributed by atoms with Gasteiger partial charge in [-0.1, -0.05) is 23.7 Å². The summed E-state index contributed by atoms with van der Waals surface area (Å²) >= 11 is 8.04. The Balaban J connectivity index is 2.30. The number of aromatic nitrogens is 2. The molecule has 0 radical (unpaired) electrons. The Morgan fingerprint density at radius 1 is 1.50 bits per heavy atom. The zero-order chi connectivity index (χ0) is 11.7. The van der Waals surface area contributed by atoms with Crippen molar-refractivity contribution in [3.63, 3.8) is 0 Å². The molecular formula is C11H9ClFIN2. The summed E-state index contributed by atoms with van der Waals surface area (Å²) in [4.78, 5) is 0. The minimum Gasteiger partial charge on any atom is -0.267 e. The lowest BCUT2D eigenvalue weighted by Gasteiger charge is -2.04. The van der Waals surface area contributed by atoms with Crippen molar-refractivity contribution in [2.45, 2.75) is 13.5 Å². The summed E-state index contributed by atoms with van der Waals surface area (Å²) in [5.74, 6) is -0.391. The highest BCUT2D eigenvalue weighted by atomic mass is 127. The van der Waals surface area contributed by atoms with Crippen LogP contribution in [0.25, 0.3) is 0 Å².